The molecule has 1 fully saturated rings. The first-order chi connectivity index (χ1) is 5.29. The smallest absolute Gasteiger partial charge is 0.342 e. The van der Waals surface area contributed by atoms with E-state index in [2.05, 4.69) is 4.74 Å². The second-order valence-corrected chi connectivity index (χ2v) is 2.55. The number of allylic oxidation sites excluding steroid dienone is 3. The third kappa shape index (κ3) is 0.808. The highest BCUT2D eigenvalue weighted by molar-refractivity contribution is 6.07. The molecule has 11 heavy (non-hydrogen) atoms. The minimum atomic E-state index is -0.482. The van der Waals surface area contributed by atoms with Crippen molar-refractivity contribution in [2.45, 2.75) is 6.42 Å². The first-order valence-corrected chi connectivity index (χ1v) is 3.42. The first kappa shape index (κ1) is 6.34. The summed E-state index contributed by atoms with van der Waals surface area (Å²) in [5, 5.41) is 0. The summed E-state index contributed by atoms with van der Waals surface area (Å²) in [7, 11) is 0. The molecule has 1 heterocycles. The molecule has 3 heteroatoms. The number of cyclic esters (lactones) is 2. The maximum atomic E-state index is 10.9. The highest BCUT2D eigenvalue weighted by Crippen LogP contribution is 2.28. The molecule has 0 radical (unpaired) electrons. The van der Waals surface area contributed by atoms with Crippen molar-refractivity contribution in [1.29, 1.82) is 0 Å². The average molecular weight is 150 g/mol. The number of rotatable bonds is 0. The molecule has 0 unspecified atom stereocenters. The SMILES string of the molecule is O=C1OC(=O)[C@H]2CC=CC=C12. The number of ether oxygens (including phenoxy) is 1. The summed E-state index contributed by atoms with van der Waals surface area (Å²) < 4.78 is 4.42. The minimum Gasteiger partial charge on any atom is -0.389 e. The lowest BCUT2D eigenvalue weighted by atomic mass is 9.94. The highest BCUT2D eigenvalue weighted by atomic mass is 16.6. The lowest BCUT2D eigenvalue weighted by Crippen LogP contribution is -2.09. The van der Waals surface area contributed by atoms with Crippen LogP contribution < -0.4 is 0 Å². The van der Waals surface area contributed by atoms with Crippen LogP contribution >= 0.6 is 0 Å². The van der Waals surface area contributed by atoms with E-state index < -0.39 is 11.9 Å². The molecule has 3 nitrogen and oxygen atoms in total. The molecule has 1 atom stereocenters. The minimum absolute atomic E-state index is 0.326. The Hall–Kier alpha value is -1.38. The van der Waals surface area contributed by atoms with Gasteiger partial charge in [0, 0.05) is 0 Å². The van der Waals surface area contributed by atoms with Gasteiger partial charge in [0.25, 0.3) is 0 Å². The van der Waals surface area contributed by atoms with Gasteiger partial charge in [-0.3, -0.25) is 4.79 Å². The van der Waals surface area contributed by atoms with Crippen LogP contribution in [0.4, 0.5) is 0 Å². The van der Waals surface area contributed by atoms with Gasteiger partial charge in [0.05, 0.1) is 11.5 Å². The van der Waals surface area contributed by atoms with Crippen molar-refractivity contribution in [1.82, 2.24) is 0 Å². The zero-order valence-electron chi connectivity index (χ0n) is 5.74. The topological polar surface area (TPSA) is 43.4 Å². The third-order valence-corrected chi connectivity index (χ3v) is 1.87. The van der Waals surface area contributed by atoms with Gasteiger partial charge in [0.15, 0.2) is 0 Å². The van der Waals surface area contributed by atoms with Crippen LogP contribution in [-0.2, 0) is 14.3 Å². The molecule has 1 aliphatic carbocycles. The Morgan fingerprint density at radius 3 is 3.00 bits per heavy atom. The molecule has 1 saturated heterocycles. The van der Waals surface area contributed by atoms with Crippen LogP contribution in [0, 0.1) is 5.92 Å². The zero-order chi connectivity index (χ0) is 7.84. The van der Waals surface area contributed by atoms with E-state index >= 15 is 0 Å². The van der Waals surface area contributed by atoms with E-state index in [0.717, 1.165) is 0 Å². The number of carbonyl (C=O) groups is 2. The van der Waals surface area contributed by atoms with Crippen LogP contribution in [0.15, 0.2) is 23.8 Å². The predicted molar refractivity (Wildman–Crippen MR) is 36.4 cm³/mol. The van der Waals surface area contributed by atoms with Gasteiger partial charge in [0.2, 0.25) is 0 Å². The Balaban J connectivity index is 2.42. The molecule has 0 bridgehead atoms. The van der Waals surface area contributed by atoms with Gasteiger partial charge >= 0.3 is 11.9 Å². The van der Waals surface area contributed by atoms with E-state index in [9.17, 15) is 9.59 Å². The largest absolute Gasteiger partial charge is 0.389 e. The van der Waals surface area contributed by atoms with Crippen molar-refractivity contribution in [2.24, 2.45) is 5.92 Å². The Morgan fingerprint density at radius 1 is 1.45 bits per heavy atom. The van der Waals surface area contributed by atoms with Crippen molar-refractivity contribution in [3.8, 4) is 0 Å². The summed E-state index contributed by atoms with van der Waals surface area (Å²) >= 11 is 0. The number of hydrogen-bond donors (Lipinski definition) is 0. The molecule has 1 aliphatic heterocycles. The van der Waals surface area contributed by atoms with Crippen LogP contribution in [0.3, 0.4) is 0 Å². The molecular formula is C8H6O3. The van der Waals surface area contributed by atoms with E-state index in [4.69, 9.17) is 0 Å². The standard InChI is InChI=1S/C8H6O3/c9-7-5-3-1-2-4-6(5)8(10)11-7/h1-3,6H,4H2/t6-/m0/s1. The molecule has 0 aromatic carbocycles. The molecule has 2 rings (SSSR count). The summed E-state index contributed by atoms with van der Waals surface area (Å²) in [4.78, 5) is 21.8. The van der Waals surface area contributed by atoms with Gasteiger partial charge in [-0.1, -0.05) is 18.2 Å². The van der Waals surface area contributed by atoms with Crippen molar-refractivity contribution in [3.63, 3.8) is 0 Å². The van der Waals surface area contributed by atoms with Gasteiger partial charge in [-0.2, -0.15) is 0 Å². The first-order valence-electron chi connectivity index (χ1n) is 3.42. The Kier molecular flexibility index (Phi) is 1.18. The van der Waals surface area contributed by atoms with Crippen LogP contribution in [0.5, 0.6) is 0 Å². The van der Waals surface area contributed by atoms with Gasteiger partial charge in [-0.15, -0.1) is 0 Å². The second kappa shape index (κ2) is 2.05. The molecule has 0 N–H and O–H groups in total. The Bertz CT molecular complexity index is 286. The summed E-state index contributed by atoms with van der Waals surface area (Å²) in [5.74, 6) is -1.22. The molecule has 0 saturated carbocycles. The van der Waals surface area contributed by atoms with Crippen LogP contribution in [-0.4, -0.2) is 11.9 Å². The van der Waals surface area contributed by atoms with Gasteiger partial charge in [0.1, 0.15) is 0 Å². The zero-order valence-corrected chi connectivity index (χ0v) is 5.74. The normalized spacial score (nSPS) is 28.0. The van der Waals surface area contributed by atoms with Gasteiger partial charge < -0.3 is 4.74 Å². The molecule has 2 aliphatic rings. The van der Waals surface area contributed by atoms with E-state index in [0.29, 0.717) is 12.0 Å². The van der Waals surface area contributed by atoms with Crippen molar-refractivity contribution < 1.29 is 14.3 Å². The molecule has 0 aromatic rings. The fourth-order valence-corrected chi connectivity index (χ4v) is 1.28. The molecular weight excluding hydrogens is 144 g/mol. The number of esters is 2. The summed E-state index contributed by atoms with van der Waals surface area (Å²) in [6.45, 7) is 0. The Labute approximate surface area is 63.3 Å². The van der Waals surface area contributed by atoms with Crippen molar-refractivity contribution in [3.05, 3.63) is 23.8 Å². The average Bonchev–Trinajstić information content (AvgIpc) is 2.30. The summed E-state index contributed by atoms with van der Waals surface area (Å²) in [5.41, 5.74) is 0.498. The number of hydrogen-bond acceptors (Lipinski definition) is 3. The highest BCUT2D eigenvalue weighted by Gasteiger charge is 2.38. The van der Waals surface area contributed by atoms with E-state index in [1.807, 2.05) is 6.08 Å². The maximum Gasteiger partial charge on any atom is 0.342 e. The predicted octanol–water partition coefficient (Wildman–Crippen LogP) is 0.572. The quantitative estimate of drug-likeness (QED) is 0.374. The lowest BCUT2D eigenvalue weighted by molar-refractivity contribution is -0.152. The molecule has 0 spiro atoms. The maximum absolute atomic E-state index is 10.9. The number of carbonyl (C=O) groups excluding carboxylic acids is 2. The van der Waals surface area contributed by atoms with Crippen molar-refractivity contribution >= 4 is 11.9 Å². The van der Waals surface area contributed by atoms with E-state index in [1.165, 1.54) is 0 Å². The summed E-state index contributed by atoms with van der Waals surface area (Å²) in [6, 6.07) is 0. The van der Waals surface area contributed by atoms with E-state index in [1.54, 1.807) is 12.2 Å². The van der Waals surface area contributed by atoms with E-state index in [-0.39, 0.29) is 5.92 Å². The summed E-state index contributed by atoms with van der Waals surface area (Å²) in [6.07, 6.45) is 5.86. The lowest BCUT2D eigenvalue weighted by Gasteiger charge is -2.04. The monoisotopic (exact) mass is 150 g/mol. The van der Waals surface area contributed by atoms with Crippen LogP contribution in [0.2, 0.25) is 0 Å². The van der Waals surface area contributed by atoms with Crippen molar-refractivity contribution in [2.75, 3.05) is 0 Å². The Morgan fingerprint density at radius 2 is 2.27 bits per heavy atom. The fourth-order valence-electron chi connectivity index (χ4n) is 1.28. The number of fused-ring (bicyclic) bond motifs is 1. The second-order valence-electron chi connectivity index (χ2n) is 2.55. The molecule has 0 aromatic heterocycles. The molecule has 56 valence electrons. The fraction of sp³-hybridized carbons (Fsp3) is 0.250. The van der Waals surface area contributed by atoms with Gasteiger partial charge in [-0.25, -0.2) is 4.79 Å². The van der Waals surface area contributed by atoms with Crippen LogP contribution in [0.1, 0.15) is 6.42 Å². The third-order valence-electron chi connectivity index (χ3n) is 1.87. The van der Waals surface area contributed by atoms with Crippen LogP contribution in [0.25, 0.3) is 0 Å². The van der Waals surface area contributed by atoms with Gasteiger partial charge in [-0.05, 0) is 6.42 Å². The molecule has 0 amide bonds.